The van der Waals surface area contributed by atoms with E-state index < -0.39 is 60.1 Å². The summed E-state index contributed by atoms with van der Waals surface area (Å²) in [7, 11) is 0. The second-order valence-electron chi connectivity index (χ2n) is 14.9. The Labute approximate surface area is 342 Å². The molecule has 2 aliphatic heterocycles. The molecular formula is C48H46N4O7. The molecule has 5 N–H and O–H groups in total. The van der Waals surface area contributed by atoms with Crippen molar-refractivity contribution in [2.45, 2.75) is 56.7 Å². The van der Waals surface area contributed by atoms with Crippen LogP contribution in [0.25, 0.3) is 22.0 Å². The van der Waals surface area contributed by atoms with Gasteiger partial charge in [0.05, 0.1) is 12.0 Å². The average Bonchev–Trinajstić information content (AvgIpc) is 3.67. The van der Waals surface area contributed by atoms with Crippen molar-refractivity contribution in [2.75, 3.05) is 6.61 Å². The molecule has 11 nitrogen and oxygen atoms in total. The number of carbonyl (C=O) groups is 5. The monoisotopic (exact) mass is 790 g/mol. The Morgan fingerprint density at radius 1 is 0.627 bits per heavy atom. The first-order valence-corrected chi connectivity index (χ1v) is 19.8. The van der Waals surface area contributed by atoms with Gasteiger partial charge in [-0.15, -0.1) is 0 Å². The Morgan fingerprint density at radius 2 is 1.25 bits per heavy atom. The minimum atomic E-state index is -1.18. The summed E-state index contributed by atoms with van der Waals surface area (Å²) < 4.78 is 5.77. The van der Waals surface area contributed by atoms with Gasteiger partial charge in [-0.1, -0.05) is 115 Å². The van der Waals surface area contributed by atoms with Gasteiger partial charge in [-0.2, -0.15) is 0 Å². The zero-order chi connectivity index (χ0) is 41.1. The molecule has 11 heteroatoms. The average molecular weight is 791 g/mol. The molecule has 0 saturated heterocycles. The highest BCUT2D eigenvalue weighted by Crippen LogP contribution is 2.23. The van der Waals surface area contributed by atoms with Gasteiger partial charge in [0.2, 0.25) is 11.8 Å². The lowest BCUT2D eigenvalue weighted by Crippen LogP contribution is -2.57. The van der Waals surface area contributed by atoms with Crippen LogP contribution in [0.3, 0.4) is 0 Å². The van der Waals surface area contributed by atoms with Crippen LogP contribution < -0.4 is 20.7 Å². The number of fused-ring (bicyclic) bond motifs is 17. The van der Waals surface area contributed by atoms with E-state index in [4.69, 9.17) is 4.74 Å². The third-order valence-electron chi connectivity index (χ3n) is 10.7. The number of amides is 3. The van der Waals surface area contributed by atoms with Crippen molar-refractivity contribution in [3.8, 4) is 16.9 Å². The number of H-pyrrole nitrogens is 1. The van der Waals surface area contributed by atoms with Gasteiger partial charge in [0.1, 0.15) is 17.8 Å². The molecule has 0 spiro atoms. The first-order chi connectivity index (χ1) is 28.7. The van der Waals surface area contributed by atoms with Crippen LogP contribution in [0.15, 0.2) is 140 Å². The number of para-hydroxylation sites is 1. The van der Waals surface area contributed by atoms with Crippen molar-refractivity contribution in [2.24, 2.45) is 5.92 Å². The molecule has 3 amide bonds. The molecule has 300 valence electrons. The van der Waals surface area contributed by atoms with Gasteiger partial charge in [-0.25, -0.2) is 0 Å². The number of aliphatic carboxylic acids is 1. The predicted molar refractivity (Wildman–Crippen MR) is 225 cm³/mol. The smallest absolute Gasteiger partial charge is 0.307 e. The number of carboxylic acids is 1. The number of aromatic amines is 1. The van der Waals surface area contributed by atoms with E-state index in [0.717, 1.165) is 38.7 Å². The number of rotatable bonds is 9. The molecule has 0 fully saturated rings. The van der Waals surface area contributed by atoms with Crippen molar-refractivity contribution in [3.05, 3.63) is 162 Å². The van der Waals surface area contributed by atoms with Crippen LogP contribution in [0, 0.1) is 5.92 Å². The molecular weight excluding hydrogens is 745 g/mol. The van der Waals surface area contributed by atoms with Crippen molar-refractivity contribution in [1.82, 2.24) is 20.9 Å². The van der Waals surface area contributed by atoms with E-state index in [1.165, 1.54) is 0 Å². The number of benzene rings is 5. The van der Waals surface area contributed by atoms with Gasteiger partial charge in [0.15, 0.2) is 12.4 Å². The summed E-state index contributed by atoms with van der Waals surface area (Å²) >= 11 is 0. The molecule has 3 heterocycles. The minimum Gasteiger partial charge on any atom is -0.484 e. The number of hydrogen-bond donors (Lipinski definition) is 5. The number of Topliss-reactive ketones (excluding diaryl/α,β-unsaturated/α-hetero) is 1. The Bertz CT molecular complexity index is 2400. The Balaban J connectivity index is 1.23. The van der Waals surface area contributed by atoms with Crippen LogP contribution in [-0.2, 0) is 49.7 Å². The van der Waals surface area contributed by atoms with Crippen molar-refractivity contribution in [1.29, 1.82) is 0 Å². The largest absolute Gasteiger partial charge is 0.484 e. The minimum absolute atomic E-state index is 0.0639. The molecule has 6 aromatic rings. The van der Waals surface area contributed by atoms with E-state index >= 15 is 0 Å². The molecule has 0 aliphatic carbocycles. The first-order valence-electron chi connectivity index (χ1n) is 19.8. The van der Waals surface area contributed by atoms with Crippen LogP contribution in [0.5, 0.6) is 5.75 Å². The standard InChI is InChI=1S/C48H46N4O7/c53-44-28-36(48(57)58)25-32-17-22-38(23-18-32)59-30-45(54)50-43(27-37-29-49-40-14-8-7-13-39(37)40)47(56)52-42(46(55)51-41(44)24-19-31-9-3-1-4-10-31)26-33-15-20-35(21-16-33)34-11-5-2-6-12-34/h1-18,20-23,29,36,41-43,49H,19,24-28,30H2,(H,50,54)(H,51,55)(H,52,56)(H,57,58)/t36-,41-,42+,43-/m0/s1. The fourth-order valence-electron chi connectivity index (χ4n) is 7.48. The van der Waals surface area contributed by atoms with Gasteiger partial charge in [-0.05, 0) is 70.8 Å². The van der Waals surface area contributed by atoms with Crippen LogP contribution in [0.4, 0.5) is 0 Å². The number of nitrogens with one attached hydrogen (secondary N) is 4. The maximum absolute atomic E-state index is 14.5. The normalized spacial score (nSPS) is 19.4. The van der Waals surface area contributed by atoms with Gasteiger partial charge < -0.3 is 30.8 Å². The highest BCUT2D eigenvalue weighted by molar-refractivity contribution is 5.96. The summed E-state index contributed by atoms with van der Waals surface area (Å²) in [6.07, 6.45) is 2.35. The summed E-state index contributed by atoms with van der Waals surface area (Å²) in [6, 6.07) is 38.0. The maximum atomic E-state index is 14.5. The van der Waals surface area contributed by atoms with Gasteiger partial charge >= 0.3 is 5.97 Å². The zero-order valence-corrected chi connectivity index (χ0v) is 32.4. The fraction of sp³-hybridized carbons (Fsp3) is 0.229. The number of aryl methyl sites for hydroxylation is 1. The molecule has 0 radical (unpaired) electrons. The summed E-state index contributed by atoms with van der Waals surface area (Å²) in [4.78, 5) is 72.2. The Morgan fingerprint density at radius 3 is 1.97 bits per heavy atom. The van der Waals surface area contributed by atoms with E-state index in [9.17, 15) is 29.1 Å². The van der Waals surface area contributed by atoms with Crippen LogP contribution in [-0.4, -0.2) is 64.3 Å². The summed E-state index contributed by atoms with van der Waals surface area (Å²) in [6.45, 7) is -0.399. The van der Waals surface area contributed by atoms with Gasteiger partial charge in [0, 0.05) is 36.4 Å². The molecule has 59 heavy (non-hydrogen) atoms. The number of aromatic nitrogens is 1. The molecule has 1 aromatic heterocycles. The summed E-state index contributed by atoms with van der Waals surface area (Å²) in [5, 5.41) is 19.8. The molecule has 2 aliphatic rings. The number of carbonyl (C=O) groups excluding carboxylic acids is 4. The molecule has 0 saturated carbocycles. The van der Waals surface area contributed by atoms with Crippen molar-refractivity contribution >= 4 is 40.4 Å². The second kappa shape index (κ2) is 19.0. The van der Waals surface area contributed by atoms with Gasteiger partial charge in [0.25, 0.3) is 5.91 Å². The van der Waals surface area contributed by atoms with E-state index in [0.29, 0.717) is 17.7 Å². The van der Waals surface area contributed by atoms with Gasteiger partial charge in [-0.3, -0.25) is 24.0 Å². The number of ketones is 1. The third kappa shape index (κ3) is 10.7. The predicted octanol–water partition coefficient (Wildman–Crippen LogP) is 6.00. The topological polar surface area (TPSA) is 167 Å². The van der Waals surface area contributed by atoms with Crippen LogP contribution >= 0.6 is 0 Å². The molecule has 0 unspecified atom stereocenters. The molecule has 4 atom stereocenters. The highest BCUT2D eigenvalue weighted by atomic mass is 16.5. The van der Waals surface area contributed by atoms with E-state index in [2.05, 4.69) is 20.9 Å². The zero-order valence-electron chi connectivity index (χ0n) is 32.4. The van der Waals surface area contributed by atoms with Crippen molar-refractivity contribution in [3.63, 3.8) is 0 Å². The number of hydrogen-bond acceptors (Lipinski definition) is 6. The fourth-order valence-corrected chi connectivity index (χ4v) is 7.48. The highest BCUT2D eigenvalue weighted by Gasteiger charge is 2.32. The van der Waals surface area contributed by atoms with Crippen LogP contribution in [0.2, 0.25) is 0 Å². The van der Waals surface area contributed by atoms with Crippen LogP contribution in [0.1, 0.15) is 35.1 Å². The van der Waals surface area contributed by atoms with E-state index in [-0.39, 0.29) is 32.1 Å². The third-order valence-corrected chi connectivity index (χ3v) is 10.7. The SMILES string of the molecule is O=C1COc2ccc(cc2)C[C@H](C(=O)O)CC(=O)[C@H](CCc2ccccc2)NC(=O)[C@@H](Cc2ccc(-c3ccccc3)cc2)NC(=O)[C@H](Cc2c[nH]c3ccccc23)N1. The summed E-state index contributed by atoms with van der Waals surface area (Å²) in [5.41, 5.74) is 6.00. The quantitative estimate of drug-likeness (QED) is 0.112. The van der Waals surface area contributed by atoms with Crippen molar-refractivity contribution < 1.29 is 33.8 Å². The molecule has 2 bridgehead atoms. The van der Waals surface area contributed by atoms with E-state index in [1.807, 2.05) is 109 Å². The first kappa shape index (κ1) is 40.2. The second-order valence-corrected chi connectivity index (χ2v) is 14.9. The van der Waals surface area contributed by atoms with E-state index in [1.54, 1.807) is 30.5 Å². The number of carboxylic acid groups (broad SMARTS) is 1. The lowest BCUT2D eigenvalue weighted by atomic mass is 9.90. The lowest BCUT2D eigenvalue weighted by molar-refractivity contribution is -0.144. The Kier molecular flexibility index (Phi) is 12.9. The summed E-state index contributed by atoms with van der Waals surface area (Å²) in [5.74, 6) is -4.04. The Hall–Kier alpha value is -7.01. The number of ether oxygens (including phenoxy) is 1. The molecule has 8 rings (SSSR count). The molecule has 5 aromatic carbocycles. The maximum Gasteiger partial charge on any atom is 0.307 e. The lowest BCUT2D eigenvalue weighted by Gasteiger charge is -2.26.